The smallest absolute Gasteiger partial charge is 0.308 e. The van der Waals surface area contributed by atoms with Gasteiger partial charge in [0.25, 0.3) is 0 Å². The standard InChI is InChI=1S/C23H26O6S/c1-16(24)28-20(14-19-12-18(25)13-23(26)29-19)15-22(17-8-4-2-5-9-17)30(27)21-10-6-3-7-11-21/h2-11,18-20,22,25H,12-15H2,1H3/t18-,19-,20+,22?,30?/m1/s1. The molecule has 0 amide bonds. The average molecular weight is 431 g/mol. The van der Waals surface area contributed by atoms with E-state index < -0.39 is 46.3 Å². The van der Waals surface area contributed by atoms with Crippen molar-refractivity contribution in [2.24, 2.45) is 0 Å². The molecule has 3 rings (SSSR count). The van der Waals surface area contributed by atoms with Gasteiger partial charge in [-0.25, -0.2) is 0 Å². The summed E-state index contributed by atoms with van der Waals surface area (Å²) in [7, 11) is -1.38. The number of carbonyl (C=O) groups is 2. The van der Waals surface area contributed by atoms with E-state index >= 15 is 0 Å². The molecule has 1 aliphatic rings. The lowest BCUT2D eigenvalue weighted by atomic mass is 9.97. The molecule has 1 N–H and O–H groups in total. The number of aliphatic hydroxyl groups is 1. The zero-order chi connectivity index (χ0) is 21.5. The van der Waals surface area contributed by atoms with Crippen LogP contribution in [-0.4, -0.2) is 39.6 Å². The minimum absolute atomic E-state index is 0.0284. The normalized spacial score (nSPS) is 21.9. The van der Waals surface area contributed by atoms with Gasteiger partial charge in [0.2, 0.25) is 0 Å². The topological polar surface area (TPSA) is 89.9 Å². The molecule has 2 aromatic rings. The highest BCUT2D eigenvalue weighted by Crippen LogP contribution is 2.32. The van der Waals surface area contributed by atoms with Crippen LogP contribution in [0.1, 0.15) is 43.4 Å². The van der Waals surface area contributed by atoms with Crippen molar-refractivity contribution in [1.82, 2.24) is 0 Å². The van der Waals surface area contributed by atoms with E-state index in [1.165, 1.54) is 6.92 Å². The number of aliphatic hydroxyl groups excluding tert-OH is 1. The summed E-state index contributed by atoms with van der Waals surface area (Å²) in [5.74, 6) is -0.923. The van der Waals surface area contributed by atoms with E-state index in [1.807, 2.05) is 60.7 Å². The van der Waals surface area contributed by atoms with Crippen molar-refractivity contribution in [3.05, 3.63) is 66.2 Å². The van der Waals surface area contributed by atoms with Crippen molar-refractivity contribution in [1.29, 1.82) is 0 Å². The predicted molar refractivity (Wildman–Crippen MR) is 112 cm³/mol. The van der Waals surface area contributed by atoms with Crippen LogP contribution in [-0.2, 0) is 29.9 Å². The lowest BCUT2D eigenvalue weighted by molar-refractivity contribution is -0.164. The van der Waals surface area contributed by atoms with Crippen molar-refractivity contribution in [3.8, 4) is 0 Å². The van der Waals surface area contributed by atoms with Gasteiger partial charge in [-0.1, -0.05) is 48.5 Å². The molecule has 5 atom stereocenters. The van der Waals surface area contributed by atoms with Crippen molar-refractivity contribution in [2.45, 2.75) is 61.1 Å². The maximum Gasteiger partial charge on any atom is 0.308 e. The number of esters is 2. The molecule has 30 heavy (non-hydrogen) atoms. The Morgan fingerprint density at radius 1 is 1.17 bits per heavy atom. The van der Waals surface area contributed by atoms with Crippen molar-refractivity contribution >= 4 is 22.7 Å². The molecule has 0 aliphatic carbocycles. The fourth-order valence-electron chi connectivity index (χ4n) is 3.70. The van der Waals surface area contributed by atoms with E-state index in [4.69, 9.17) is 9.47 Å². The molecule has 1 aliphatic heterocycles. The van der Waals surface area contributed by atoms with Crippen molar-refractivity contribution in [3.63, 3.8) is 0 Å². The van der Waals surface area contributed by atoms with Gasteiger partial charge in [0, 0.05) is 31.1 Å². The third-order valence-electron chi connectivity index (χ3n) is 4.98. The Balaban J connectivity index is 1.84. The first kappa shape index (κ1) is 22.2. The first-order valence-corrected chi connectivity index (χ1v) is 11.2. The average Bonchev–Trinajstić information content (AvgIpc) is 2.71. The van der Waals surface area contributed by atoms with E-state index in [1.54, 1.807) is 0 Å². The number of rotatable bonds is 8. The number of hydrogen-bond acceptors (Lipinski definition) is 6. The Labute approximate surface area is 178 Å². The molecule has 7 heteroatoms. The zero-order valence-corrected chi connectivity index (χ0v) is 17.6. The first-order valence-electron chi connectivity index (χ1n) is 9.97. The van der Waals surface area contributed by atoms with E-state index in [0.717, 1.165) is 5.56 Å². The van der Waals surface area contributed by atoms with Gasteiger partial charge in [0.1, 0.15) is 12.2 Å². The summed E-state index contributed by atoms with van der Waals surface area (Å²) in [6.45, 7) is 1.32. The summed E-state index contributed by atoms with van der Waals surface area (Å²) in [5.41, 5.74) is 0.873. The number of cyclic esters (lactones) is 1. The molecule has 0 aromatic heterocycles. The van der Waals surface area contributed by atoms with Crippen LogP contribution in [0.2, 0.25) is 0 Å². The second kappa shape index (κ2) is 10.5. The predicted octanol–water partition coefficient (Wildman–Crippen LogP) is 3.31. The molecular weight excluding hydrogens is 404 g/mol. The maximum atomic E-state index is 13.4. The van der Waals surface area contributed by atoms with Gasteiger partial charge >= 0.3 is 11.9 Å². The van der Waals surface area contributed by atoms with Crippen LogP contribution >= 0.6 is 0 Å². The van der Waals surface area contributed by atoms with Gasteiger partial charge in [-0.3, -0.25) is 13.8 Å². The quantitative estimate of drug-likeness (QED) is 0.646. The Morgan fingerprint density at radius 3 is 2.40 bits per heavy atom. The lowest BCUT2D eigenvalue weighted by Crippen LogP contribution is -2.36. The molecular formula is C23H26O6S. The van der Waals surface area contributed by atoms with Gasteiger partial charge in [-0.15, -0.1) is 0 Å². The molecule has 0 bridgehead atoms. The van der Waals surface area contributed by atoms with E-state index in [0.29, 0.717) is 17.7 Å². The van der Waals surface area contributed by atoms with Gasteiger partial charge in [0.05, 0.1) is 28.6 Å². The van der Waals surface area contributed by atoms with Gasteiger partial charge in [-0.05, 0) is 17.7 Å². The SMILES string of the molecule is CC(=O)O[C@H](CC(c1ccccc1)S(=O)c1ccccc1)C[C@H]1C[C@@H](O)CC(=O)O1. The number of hydrogen-bond donors (Lipinski definition) is 1. The minimum atomic E-state index is -1.38. The third-order valence-corrected chi connectivity index (χ3v) is 6.69. The summed E-state index contributed by atoms with van der Waals surface area (Å²) >= 11 is 0. The summed E-state index contributed by atoms with van der Waals surface area (Å²) in [5, 5.41) is 9.47. The van der Waals surface area contributed by atoms with Crippen LogP contribution < -0.4 is 0 Å². The van der Waals surface area contributed by atoms with Crippen LogP contribution in [0.4, 0.5) is 0 Å². The molecule has 160 valence electrons. The summed E-state index contributed by atoms with van der Waals surface area (Å²) < 4.78 is 24.3. The zero-order valence-electron chi connectivity index (χ0n) is 16.8. The summed E-state index contributed by atoms with van der Waals surface area (Å²) in [6.07, 6.45) is -1.11. The highest BCUT2D eigenvalue weighted by Gasteiger charge is 2.33. The molecule has 1 saturated heterocycles. The fraction of sp³-hybridized carbons (Fsp3) is 0.391. The Morgan fingerprint density at radius 2 is 1.80 bits per heavy atom. The first-order chi connectivity index (χ1) is 14.4. The van der Waals surface area contributed by atoms with Crippen LogP contribution in [0, 0.1) is 0 Å². The minimum Gasteiger partial charge on any atom is -0.462 e. The number of carbonyl (C=O) groups excluding carboxylic acids is 2. The van der Waals surface area contributed by atoms with Gasteiger partial charge in [0.15, 0.2) is 0 Å². The van der Waals surface area contributed by atoms with Crippen LogP contribution in [0.15, 0.2) is 65.6 Å². The monoisotopic (exact) mass is 430 g/mol. The molecule has 0 saturated carbocycles. The second-order valence-electron chi connectivity index (χ2n) is 7.42. The molecule has 2 unspecified atom stereocenters. The van der Waals surface area contributed by atoms with E-state index in [9.17, 15) is 18.9 Å². The fourth-order valence-corrected chi connectivity index (χ4v) is 5.25. The van der Waals surface area contributed by atoms with Crippen LogP contribution in [0.5, 0.6) is 0 Å². The Bertz CT molecular complexity index is 870. The lowest BCUT2D eigenvalue weighted by Gasteiger charge is -2.30. The summed E-state index contributed by atoms with van der Waals surface area (Å²) in [6, 6.07) is 18.6. The van der Waals surface area contributed by atoms with Crippen molar-refractivity contribution in [2.75, 3.05) is 0 Å². The molecule has 6 nitrogen and oxygen atoms in total. The molecule has 1 heterocycles. The molecule has 0 radical (unpaired) electrons. The van der Waals surface area contributed by atoms with Crippen LogP contribution in [0.3, 0.4) is 0 Å². The van der Waals surface area contributed by atoms with Gasteiger partial charge in [-0.2, -0.15) is 0 Å². The molecule has 0 spiro atoms. The molecule has 1 fully saturated rings. The highest BCUT2D eigenvalue weighted by molar-refractivity contribution is 7.85. The Kier molecular flexibility index (Phi) is 7.76. The highest BCUT2D eigenvalue weighted by atomic mass is 32.2. The van der Waals surface area contributed by atoms with E-state index in [-0.39, 0.29) is 12.8 Å². The van der Waals surface area contributed by atoms with Gasteiger partial charge < -0.3 is 14.6 Å². The number of ether oxygens (including phenoxy) is 2. The largest absolute Gasteiger partial charge is 0.462 e. The van der Waals surface area contributed by atoms with E-state index in [2.05, 4.69) is 0 Å². The number of benzene rings is 2. The molecule has 2 aromatic carbocycles. The Hall–Kier alpha value is -2.51. The third kappa shape index (κ3) is 6.24. The second-order valence-corrected chi connectivity index (χ2v) is 9.05. The maximum absolute atomic E-state index is 13.4. The van der Waals surface area contributed by atoms with Crippen molar-refractivity contribution < 1.29 is 28.4 Å². The van der Waals surface area contributed by atoms with Crippen LogP contribution in [0.25, 0.3) is 0 Å². The summed E-state index contributed by atoms with van der Waals surface area (Å²) in [4.78, 5) is 24.1.